The second kappa shape index (κ2) is 11.5. The van der Waals surface area contributed by atoms with Crippen LogP contribution in [0.3, 0.4) is 0 Å². The second-order valence-corrected chi connectivity index (χ2v) is 9.41. The summed E-state index contributed by atoms with van der Waals surface area (Å²) in [7, 11) is -4.79. The molecular formula is C22H22N2O7S2-2. The zero-order chi connectivity index (χ0) is 23.8. The highest BCUT2D eigenvalue weighted by atomic mass is 32.2. The number of unbranched alkanes of at least 4 members (excludes halogenated alkanes) is 3. The lowest BCUT2D eigenvalue weighted by molar-refractivity contribution is -0.432. The maximum Gasteiger partial charge on any atom is 0.124 e. The molecule has 3 rings (SSSR count). The third-order valence-electron chi connectivity index (χ3n) is 4.95. The molecule has 11 heteroatoms. The summed E-state index contributed by atoms with van der Waals surface area (Å²) in [5.41, 5.74) is 1.65. The average molecular weight is 491 g/mol. The molecular weight excluding hydrogens is 468 g/mol. The number of aryl methyl sites for hydroxylation is 1. The first-order valence-electron chi connectivity index (χ1n) is 10.2. The molecule has 0 aliphatic rings. The Hall–Kier alpha value is -2.54. The van der Waals surface area contributed by atoms with Gasteiger partial charge in [-0.05, 0) is 48.1 Å². The van der Waals surface area contributed by atoms with Crippen LogP contribution in [-0.2, 0) is 25.9 Å². The van der Waals surface area contributed by atoms with Gasteiger partial charge in [-0.25, -0.2) is 13.7 Å². The van der Waals surface area contributed by atoms with E-state index in [4.69, 9.17) is 5.26 Å². The van der Waals surface area contributed by atoms with Crippen molar-refractivity contribution in [1.82, 2.24) is 0 Å². The lowest BCUT2D eigenvalue weighted by atomic mass is 10.1. The Morgan fingerprint density at radius 3 is 2.45 bits per heavy atom. The van der Waals surface area contributed by atoms with Crippen LogP contribution in [0.25, 0.3) is 10.8 Å². The van der Waals surface area contributed by atoms with E-state index in [1.165, 1.54) is 37.0 Å². The summed E-state index contributed by atoms with van der Waals surface area (Å²) in [6, 6.07) is 12.2. The summed E-state index contributed by atoms with van der Waals surface area (Å²) in [5, 5.41) is 33.3. The summed E-state index contributed by atoms with van der Waals surface area (Å²) in [6.45, 7) is 2.17. The summed E-state index contributed by atoms with van der Waals surface area (Å²) < 4.78 is 38.9. The van der Waals surface area contributed by atoms with Crippen molar-refractivity contribution in [2.24, 2.45) is 10.2 Å². The number of hydrogen-bond acceptors (Lipinski definition) is 10. The van der Waals surface area contributed by atoms with E-state index in [1.807, 2.05) is 12.1 Å². The van der Waals surface area contributed by atoms with Gasteiger partial charge in [-0.2, -0.15) is 10.2 Å². The highest BCUT2D eigenvalue weighted by Gasteiger charge is 2.14. The summed E-state index contributed by atoms with van der Waals surface area (Å²) >= 11 is 0.422. The van der Waals surface area contributed by atoms with E-state index in [2.05, 4.69) is 26.5 Å². The van der Waals surface area contributed by atoms with Crippen molar-refractivity contribution in [3.05, 3.63) is 54.1 Å². The predicted molar refractivity (Wildman–Crippen MR) is 120 cm³/mol. The molecule has 0 fully saturated rings. The van der Waals surface area contributed by atoms with Crippen molar-refractivity contribution >= 4 is 44.3 Å². The number of fused-ring (bicyclic) bond motifs is 1. The zero-order valence-corrected chi connectivity index (χ0v) is 19.4. The smallest absolute Gasteiger partial charge is 0.124 e. The van der Waals surface area contributed by atoms with Crippen LogP contribution in [0.4, 0.5) is 11.4 Å². The Labute approximate surface area is 195 Å². The van der Waals surface area contributed by atoms with Gasteiger partial charge in [-0.1, -0.05) is 61.2 Å². The molecule has 0 radical (unpaired) electrons. The number of hydrogen-bond donors (Lipinski definition) is 1. The van der Waals surface area contributed by atoms with Crippen molar-refractivity contribution in [3.63, 3.8) is 0 Å². The van der Waals surface area contributed by atoms with Crippen molar-refractivity contribution < 1.29 is 32.7 Å². The van der Waals surface area contributed by atoms with Crippen LogP contribution in [0.15, 0.2) is 68.6 Å². The molecule has 0 amide bonds. The van der Waals surface area contributed by atoms with E-state index in [1.54, 1.807) is 12.1 Å². The van der Waals surface area contributed by atoms with Crippen LogP contribution < -0.4 is 5.11 Å². The lowest BCUT2D eigenvalue weighted by Crippen LogP contribution is -2.00. The van der Waals surface area contributed by atoms with Crippen molar-refractivity contribution in [3.8, 4) is 5.75 Å². The van der Waals surface area contributed by atoms with Crippen molar-refractivity contribution in [1.29, 1.82) is 0 Å². The predicted octanol–water partition coefficient (Wildman–Crippen LogP) is 5.78. The molecule has 0 bridgehead atoms. The minimum absolute atomic E-state index is 0.0325. The maximum absolute atomic E-state index is 12.5. The molecule has 176 valence electrons. The molecule has 0 aliphatic heterocycles. The van der Waals surface area contributed by atoms with Crippen LogP contribution in [0.1, 0.15) is 38.2 Å². The molecule has 1 N–H and O–H groups in total. The Morgan fingerprint density at radius 2 is 1.79 bits per heavy atom. The van der Waals surface area contributed by atoms with E-state index in [0.717, 1.165) is 25.0 Å². The number of azo groups is 1. The van der Waals surface area contributed by atoms with Gasteiger partial charge in [0.1, 0.15) is 10.1 Å². The minimum Gasteiger partial charge on any atom is -0.871 e. The van der Waals surface area contributed by atoms with Gasteiger partial charge >= 0.3 is 0 Å². The van der Waals surface area contributed by atoms with Crippen molar-refractivity contribution in [2.45, 2.75) is 48.8 Å². The van der Waals surface area contributed by atoms with Crippen LogP contribution in [0.2, 0.25) is 0 Å². The van der Waals surface area contributed by atoms with E-state index >= 15 is 0 Å². The molecule has 0 aromatic heterocycles. The van der Waals surface area contributed by atoms with Crippen LogP contribution >= 0.6 is 12.0 Å². The van der Waals surface area contributed by atoms with Gasteiger partial charge in [0.05, 0.1) is 28.3 Å². The third-order valence-corrected chi connectivity index (χ3v) is 6.40. The van der Waals surface area contributed by atoms with Gasteiger partial charge in [-0.3, -0.25) is 0 Å². The van der Waals surface area contributed by atoms with E-state index < -0.39 is 20.8 Å². The molecule has 0 heterocycles. The summed E-state index contributed by atoms with van der Waals surface area (Å²) in [4.78, 5) is -0.500. The molecule has 0 aliphatic carbocycles. The molecule has 0 saturated heterocycles. The van der Waals surface area contributed by atoms with Crippen LogP contribution in [0.5, 0.6) is 5.75 Å². The average Bonchev–Trinajstić information content (AvgIpc) is 2.79. The zero-order valence-electron chi connectivity index (χ0n) is 17.8. The Kier molecular flexibility index (Phi) is 8.78. The minimum atomic E-state index is -4.79. The molecule has 0 spiro atoms. The maximum atomic E-state index is 12.5. The fourth-order valence-electron chi connectivity index (χ4n) is 3.32. The molecule has 3 aromatic rings. The van der Waals surface area contributed by atoms with E-state index in [9.17, 15) is 18.1 Å². The molecule has 9 nitrogen and oxygen atoms in total. The molecule has 0 unspecified atom stereocenters. The second-order valence-electron chi connectivity index (χ2n) is 7.29. The quantitative estimate of drug-likeness (QED) is 0.0889. The van der Waals surface area contributed by atoms with E-state index in [0.29, 0.717) is 17.7 Å². The molecule has 33 heavy (non-hydrogen) atoms. The van der Waals surface area contributed by atoms with Gasteiger partial charge in [0.2, 0.25) is 0 Å². The first-order chi connectivity index (χ1) is 15.8. The first-order valence-corrected chi connectivity index (χ1v) is 12.4. The Morgan fingerprint density at radius 1 is 1.03 bits per heavy atom. The van der Waals surface area contributed by atoms with Crippen molar-refractivity contribution in [2.75, 3.05) is 0 Å². The number of rotatable bonds is 11. The SMILES string of the molecule is CCCCCCc1ccc(N=Nc2c([O-])ccc3cc(S(=O)(=O)[O-])cc(SOOO)c23)cc1. The topological polar surface area (TPSA) is 144 Å². The van der Waals surface area contributed by atoms with Gasteiger partial charge < -0.3 is 9.66 Å². The summed E-state index contributed by atoms with van der Waals surface area (Å²) in [6.07, 6.45) is 5.68. The monoisotopic (exact) mass is 490 g/mol. The Bertz CT molecular complexity index is 1230. The van der Waals surface area contributed by atoms with Crippen LogP contribution in [0, 0.1) is 0 Å². The largest absolute Gasteiger partial charge is 0.871 e. The van der Waals surface area contributed by atoms with Gasteiger partial charge in [-0.15, -0.1) is 4.33 Å². The van der Waals surface area contributed by atoms with E-state index in [-0.39, 0.29) is 21.4 Å². The fourth-order valence-corrected chi connectivity index (χ4v) is 4.50. The first kappa shape index (κ1) is 25.1. The Balaban J connectivity index is 1.95. The number of benzene rings is 3. The summed E-state index contributed by atoms with van der Waals surface area (Å²) in [5.74, 6) is -0.469. The highest BCUT2D eigenvalue weighted by Crippen LogP contribution is 2.42. The van der Waals surface area contributed by atoms with Crippen LogP contribution in [-0.4, -0.2) is 18.2 Å². The number of nitrogens with zero attached hydrogens (tertiary/aromatic N) is 2. The highest BCUT2D eigenvalue weighted by molar-refractivity contribution is 7.94. The van der Waals surface area contributed by atoms with Gasteiger partial charge in [0.15, 0.2) is 0 Å². The molecule has 0 atom stereocenters. The van der Waals surface area contributed by atoms with Gasteiger partial charge in [0.25, 0.3) is 0 Å². The lowest BCUT2D eigenvalue weighted by Gasteiger charge is -2.16. The fraction of sp³-hybridized carbons (Fsp3) is 0.273. The van der Waals surface area contributed by atoms with Gasteiger partial charge in [0, 0.05) is 10.3 Å². The standard InChI is InChI=1S/C22H24N2O7S2/c1-2-3-4-5-6-15-7-10-17(11-8-15)23-24-22-19(25)12-9-16-13-18(33(27,28)29)14-20(21(16)22)32-31-30-26/h7-14,25-26H,2-6H2,1H3,(H,27,28,29)/p-2. The molecule has 3 aromatic carbocycles. The third kappa shape index (κ3) is 6.73. The normalized spacial score (nSPS) is 12.1. The molecule has 0 saturated carbocycles.